The number of aromatic nitrogens is 2. The van der Waals surface area contributed by atoms with Crippen molar-refractivity contribution in [1.82, 2.24) is 14.9 Å². The molecule has 2 fully saturated rings. The number of nitrogens with one attached hydrogen (secondary N) is 2. The first-order valence-electron chi connectivity index (χ1n) is 8.12. The van der Waals surface area contributed by atoms with E-state index in [1.54, 1.807) is 0 Å². The highest BCUT2D eigenvalue weighted by Crippen LogP contribution is 2.52. The van der Waals surface area contributed by atoms with Gasteiger partial charge in [0, 0.05) is 40.6 Å². The zero-order chi connectivity index (χ0) is 16.7. The van der Waals surface area contributed by atoms with E-state index in [9.17, 15) is 4.79 Å². The molecule has 6 nitrogen and oxygen atoms in total. The van der Waals surface area contributed by atoms with E-state index in [1.807, 2.05) is 29.6 Å². The standard InChI is InChI=1S/C17H20N4O2S/c1-17(2)14(12-7-8-23-15(12)17)19-16(22)18-11-5-3-10(4-6-11)13-9-24-21-20-13/h3-6,9,12,14-15H,7-8H2,1-2H3,(H2,18,19,22)/t12-,14-,15+/m1/s1. The summed E-state index contributed by atoms with van der Waals surface area (Å²) in [6.45, 7) is 5.10. The van der Waals surface area contributed by atoms with Crippen LogP contribution in [0.1, 0.15) is 20.3 Å². The fourth-order valence-corrected chi connectivity index (χ4v) is 4.41. The molecule has 2 amide bonds. The lowest BCUT2D eigenvalue weighted by molar-refractivity contribution is -0.107. The van der Waals surface area contributed by atoms with E-state index in [0.29, 0.717) is 5.92 Å². The molecule has 2 heterocycles. The maximum Gasteiger partial charge on any atom is 0.319 e. The van der Waals surface area contributed by atoms with Gasteiger partial charge in [0.2, 0.25) is 0 Å². The normalized spacial score (nSPS) is 27.2. The predicted octanol–water partition coefficient (Wildman–Crippen LogP) is 3.14. The van der Waals surface area contributed by atoms with E-state index in [0.717, 1.165) is 30.0 Å². The third-order valence-electron chi connectivity index (χ3n) is 5.19. The smallest absolute Gasteiger partial charge is 0.319 e. The number of hydrogen-bond acceptors (Lipinski definition) is 5. The van der Waals surface area contributed by atoms with Crippen molar-refractivity contribution in [3.63, 3.8) is 0 Å². The number of carbonyl (C=O) groups excluding carboxylic acids is 1. The molecule has 1 aliphatic carbocycles. The molecule has 24 heavy (non-hydrogen) atoms. The zero-order valence-corrected chi connectivity index (χ0v) is 14.5. The van der Waals surface area contributed by atoms with E-state index in [2.05, 4.69) is 34.1 Å². The summed E-state index contributed by atoms with van der Waals surface area (Å²) in [5, 5.41) is 12.0. The van der Waals surface area contributed by atoms with Gasteiger partial charge in [-0.3, -0.25) is 0 Å². The first-order valence-corrected chi connectivity index (χ1v) is 8.96. The topological polar surface area (TPSA) is 76.1 Å². The number of fused-ring (bicyclic) bond motifs is 1. The average molecular weight is 344 g/mol. The summed E-state index contributed by atoms with van der Waals surface area (Å²) in [5.74, 6) is 0.435. The Labute approximate surface area is 144 Å². The van der Waals surface area contributed by atoms with E-state index in [-0.39, 0.29) is 23.6 Å². The summed E-state index contributed by atoms with van der Waals surface area (Å²) in [6.07, 6.45) is 1.30. The van der Waals surface area contributed by atoms with Crippen LogP contribution in [0.5, 0.6) is 0 Å². The van der Waals surface area contributed by atoms with Crippen molar-refractivity contribution in [2.45, 2.75) is 32.4 Å². The molecular weight excluding hydrogens is 324 g/mol. The van der Waals surface area contributed by atoms with Crippen molar-refractivity contribution >= 4 is 23.3 Å². The van der Waals surface area contributed by atoms with Crippen molar-refractivity contribution in [1.29, 1.82) is 0 Å². The fraction of sp³-hybridized carbons (Fsp3) is 0.471. The number of benzene rings is 1. The number of amides is 2. The predicted molar refractivity (Wildman–Crippen MR) is 92.9 cm³/mol. The van der Waals surface area contributed by atoms with Gasteiger partial charge in [-0.05, 0) is 30.1 Å². The Hall–Kier alpha value is -1.99. The molecule has 4 rings (SSSR count). The molecule has 1 aliphatic heterocycles. The Morgan fingerprint density at radius 2 is 2.12 bits per heavy atom. The summed E-state index contributed by atoms with van der Waals surface area (Å²) in [6, 6.07) is 7.61. The second-order valence-corrected chi connectivity index (χ2v) is 7.62. The summed E-state index contributed by atoms with van der Waals surface area (Å²) in [5.41, 5.74) is 2.58. The maximum absolute atomic E-state index is 12.3. The Kier molecular flexibility index (Phi) is 3.77. The highest BCUT2D eigenvalue weighted by molar-refractivity contribution is 7.03. The number of nitrogens with zero attached hydrogens (tertiary/aromatic N) is 2. The van der Waals surface area contributed by atoms with Crippen LogP contribution in [0.15, 0.2) is 29.6 Å². The molecule has 7 heteroatoms. The molecule has 1 aromatic carbocycles. The third kappa shape index (κ3) is 2.57. The van der Waals surface area contributed by atoms with Crippen LogP contribution in [-0.4, -0.2) is 34.4 Å². The van der Waals surface area contributed by atoms with Crippen molar-refractivity contribution in [2.24, 2.45) is 11.3 Å². The van der Waals surface area contributed by atoms with Crippen LogP contribution in [0.4, 0.5) is 10.5 Å². The van der Waals surface area contributed by atoms with E-state index < -0.39 is 0 Å². The molecule has 0 bridgehead atoms. The lowest BCUT2D eigenvalue weighted by atomic mass is 9.57. The average Bonchev–Trinajstić information content (AvgIpc) is 3.24. The second-order valence-electron chi connectivity index (χ2n) is 7.01. The molecule has 1 aromatic heterocycles. The molecule has 0 unspecified atom stereocenters. The van der Waals surface area contributed by atoms with Crippen molar-refractivity contribution in [2.75, 3.05) is 11.9 Å². The molecular formula is C17H20N4O2S. The second kappa shape index (κ2) is 5.82. The number of carbonyl (C=O) groups is 1. The minimum absolute atomic E-state index is 0.0139. The van der Waals surface area contributed by atoms with Crippen molar-refractivity contribution < 1.29 is 9.53 Å². The fourth-order valence-electron chi connectivity index (χ4n) is 3.94. The van der Waals surface area contributed by atoms with E-state index in [1.165, 1.54) is 11.5 Å². The molecule has 126 valence electrons. The van der Waals surface area contributed by atoms with E-state index in [4.69, 9.17) is 4.74 Å². The molecule has 2 aromatic rings. The molecule has 2 aliphatic rings. The lowest BCUT2D eigenvalue weighted by Gasteiger charge is -2.54. The summed E-state index contributed by atoms with van der Waals surface area (Å²) >= 11 is 1.32. The summed E-state index contributed by atoms with van der Waals surface area (Å²) in [4.78, 5) is 12.3. The van der Waals surface area contributed by atoms with Crippen LogP contribution in [0, 0.1) is 11.3 Å². The van der Waals surface area contributed by atoms with E-state index >= 15 is 0 Å². The molecule has 0 radical (unpaired) electrons. The van der Waals surface area contributed by atoms with Crippen LogP contribution in [0.2, 0.25) is 0 Å². The molecule has 2 N–H and O–H groups in total. The number of ether oxygens (including phenoxy) is 1. The van der Waals surface area contributed by atoms with Gasteiger partial charge >= 0.3 is 6.03 Å². The van der Waals surface area contributed by atoms with Gasteiger partial charge in [0.25, 0.3) is 0 Å². The Balaban J connectivity index is 1.38. The van der Waals surface area contributed by atoms with Gasteiger partial charge in [0.1, 0.15) is 5.69 Å². The monoisotopic (exact) mass is 344 g/mol. The van der Waals surface area contributed by atoms with Gasteiger partial charge in [0.15, 0.2) is 0 Å². The Bertz CT molecular complexity index is 730. The highest BCUT2D eigenvalue weighted by atomic mass is 32.1. The first-order chi connectivity index (χ1) is 11.6. The third-order valence-corrected chi connectivity index (χ3v) is 5.69. The highest BCUT2D eigenvalue weighted by Gasteiger charge is 2.59. The van der Waals surface area contributed by atoms with Crippen LogP contribution in [-0.2, 0) is 4.74 Å². The lowest BCUT2D eigenvalue weighted by Crippen LogP contribution is -2.67. The Morgan fingerprint density at radius 1 is 1.33 bits per heavy atom. The zero-order valence-electron chi connectivity index (χ0n) is 13.7. The number of anilines is 1. The van der Waals surface area contributed by atoms with Crippen molar-refractivity contribution in [3.05, 3.63) is 29.6 Å². The summed E-state index contributed by atoms with van der Waals surface area (Å²) < 4.78 is 9.62. The van der Waals surface area contributed by atoms with Crippen LogP contribution < -0.4 is 10.6 Å². The van der Waals surface area contributed by atoms with Gasteiger partial charge in [-0.15, -0.1) is 5.10 Å². The summed E-state index contributed by atoms with van der Waals surface area (Å²) in [7, 11) is 0. The minimum Gasteiger partial charge on any atom is -0.377 e. The molecule has 1 saturated heterocycles. The van der Waals surface area contributed by atoms with Crippen LogP contribution in [0.25, 0.3) is 11.3 Å². The Morgan fingerprint density at radius 3 is 2.83 bits per heavy atom. The minimum atomic E-state index is -0.165. The van der Waals surface area contributed by atoms with Gasteiger partial charge in [-0.25, -0.2) is 4.79 Å². The first kappa shape index (κ1) is 15.5. The van der Waals surface area contributed by atoms with Crippen LogP contribution >= 0.6 is 11.5 Å². The van der Waals surface area contributed by atoms with Crippen molar-refractivity contribution in [3.8, 4) is 11.3 Å². The largest absolute Gasteiger partial charge is 0.377 e. The number of rotatable bonds is 3. The maximum atomic E-state index is 12.3. The van der Waals surface area contributed by atoms with Gasteiger partial charge < -0.3 is 15.4 Å². The van der Waals surface area contributed by atoms with Gasteiger partial charge in [-0.1, -0.05) is 30.5 Å². The van der Waals surface area contributed by atoms with Gasteiger partial charge in [-0.2, -0.15) is 0 Å². The number of urea groups is 1. The van der Waals surface area contributed by atoms with Gasteiger partial charge in [0.05, 0.1) is 6.10 Å². The molecule has 1 saturated carbocycles. The number of hydrogen-bond donors (Lipinski definition) is 2. The van der Waals surface area contributed by atoms with Crippen LogP contribution in [0.3, 0.4) is 0 Å². The molecule has 3 atom stereocenters. The molecule has 0 spiro atoms. The quantitative estimate of drug-likeness (QED) is 0.897. The SMILES string of the molecule is CC1(C)[C@H](NC(=O)Nc2ccc(-c3csnn3)cc2)[C@H]2CCO[C@@H]21.